The topological polar surface area (TPSA) is 73.3 Å². The molecule has 0 radical (unpaired) electrons. The van der Waals surface area contributed by atoms with Gasteiger partial charge in [0.1, 0.15) is 0 Å². The third kappa shape index (κ3) is 8.75. The van der Waals surface area contributed by atoms with Crippen LogP contribution in [0.25, 0.3) is 0 Å². The minimum Gasteiger partial charge on any atom is -0.402 e. The van der Waals surface area contributed by atoms with Gasteiger partial charge in [0.05, 0.1) is 0 Å². The fourth-order valence-electron chi connectivity index (χ4n) is 2.84. The molecule has 1 aliphatic rings. The van der Waals surface area contributed by atoms with E-state index >= 15 is 0 Å². The van der Waals surface area contributed by atoms with Crippen molar-refractivity contribution in [1.82, 2.24) is 5.32 Å². The zero-order valence-corrected chi connectivity index (χ0v) is 16.3. The van der Waals surface area contributed by atoms with Crippen LogP contribution in [0.4, 0.5) is 0 Å². The SMILES string of the molecule is COCCCC(/C=C(/C)N)=C(\C)N.Cc1ccc(C2CCNC2)cc1. The summed E-state index contributed by atoms with van der Waals surface area (Å²) >= 11 is 0. The van der Waals surface area contributed by atoms with Crippen LogP contribution in [0.15, 0.2) is 47.3 Å². The minimum absolute atomic E-state index is 0.755. The standard InChI is InChI=1S/C11H15N.C10H20N2O/c1-9-2-4-10(5-3-9)11-6-7-12-8-11;1-8(11)7-10(9(2)12)5-4-6-13-3/h2-5,11-12H,6-8H2,1H3;7H,4-6,11-12H2,1-3H3/b;8-7-,10-9-. The van der Waals surface area contributed by atoms with E-state index in [1.807, 2.05) is 19.9 Å². The van der Waals surface area contributed by atoms with E-state index in [2.05, 4.69) is 36.5 Å². The number of hydrogen-bond acceptors (Lipinski definition) is 4. The molecule has 1 unspecified atom stereocenters. The Morgan fingerprint density at radius 1 is 1.24 bits per heavy atom. The number of methoxy groups -OCH3 is 1. The molecule has 1 heterocycles. The number of nitrogens with two attached hydrogens (primary N) is 2. The highest BCUT2D eigenvalue weighted by molar-refractivity contribution is 5.26. The van der Waals surface area contributed by atoms with Crippen LogP contribution >= 0.6 is 0 Å². The normalized spacial score (nSPS) is 18.4. The number of rotatable bonds is 6. The number of allylic oxidation sites excluding steroid dienone is 4. The van der Waals surface area contributed by atoms with Gasteiger partial charge in [-0.2, -0.15) is 0 Å². The Hall–Kier alpha value is -1.78. The van der Waals surface area contributed by atoms with Crippen LogP contribution in [-0.2, 0) is 4.74 Å². The fraction of sp³-hybridized carbons (Fsp3) is 0.524. The minimum atomic E-state index is 0.755. The number of aryl methyl sites for hydroxylation is 1. The Morgan fingerprint density at radius 3 is 2.40 bits per heavy atom. The third-order valence-corrected chi connectivity index (χ3v) is 4.31. The average Bonchev–Trinajstić information content (AvgIpc) is 3.09. The van der Waals surface area contributed by atoms with Gasteiger partial charge in [0, 0.05) is 31.7 Å². The van der Waals surface area contributed by atoms with Gasteiger partial charge in [0.15, 0.2) is 0 Å². The molecular formula is C21H35N3O. The largest absolute Gasteiger partial charge is 0.402 e. The molecule has 0 aromatic heterocycles. The molecule has 0 bridgehead atoms. The lowest BCUT2D eigenvalue weighted by Crippen LogP contribution is -2.07. The van der Waals surface area contributed by atoms with E-state index in [9.17, 15) is 0 Å². The van der Waals surface area contributed by atoms with Gasteiger partial charge < -0.3 is 21.5 Å². The van der Waals surface area contributed by atoms with Crippen molar-refractivity contribution in [2.75, 3.05) is 26.8 Å². The fourth-order valence-corrected chi connectivity index (χ4v) is 2.84. The van der Waals surface area contributed by atoms with Gasteiger partial charge in [-0.3, -0.25) is 0 Å². The average molecular weight is 346 g/mol. The number of hydrogen-bond donors (Lipinski definition) is 3. The van der Waals surface area contributed by atoms with Gasteiger partial charge in [-0.1, -0.05) is 29.8 Å². The van der Waals surface area contributed by atoms with Crippen molar-refractivity contribution in [1.29, 1.82) is 0 Å². The molecule has 5 N–H and O–H groups in total. The summed E-state index contributed by atoms with van der Waals surface area (Å²) in [7, 11) is 1.70. The summed E-state index contributed by atoms with van der Waals surface area (Å²) in [5.41, 5.74) is 16.9. The zero-order chi connectivity index (χ0) is 18.7. The molecule has 1 saturated heterocycles. The Bertz CT molecular complexity index is 547. The lowest BCUT2D eigenvalue weighted by atomic mass is 9.98. The van der Waals surface area contributed by atoms with Crippen molar-refractivity contribution in [3.8, 4) is 0 Å². The first kappa shape index (κ1) is 21.3. The highest BCUT2D eigenvalue weighted by Crippen LogP contribution is 2.22. The smallest absolute Gasteiger partial charge is 0.0465 e. The second-order valence-corrected chi connectivity index (χ2v) is 6.79. The Labute approximate surface area is 153 Å². The lowest BCUT2D eigenvalue weighted by Gasteiger charge is -2.07. The summed E-state index contributed by atoms with van der Waals surface area (Å²) in [6, 6.07) is 8.92. The molecule has 0 saturated carbocycles. The molecular weight excluding hydrogens is 310 g/mol. The Kier molecular flexibility index (Phi) is 9.97. The first-order valence-electron chi connectivity index (χ1n) is 9.09. The number of benzene rings is 1. The highest BCUT2D eigenvalue weighted by atomic mass is 16.5. The lowest BCUT2D eigenvalue weighted by molar-refractivity contribution is 0.195. The zero-order valence-electron chi connectivity index (χ0n) is 16.3. The molecule has 0 spiro atoms. The van der Waals surface area contributed by atoms with Gasteiger partial charge in [-0.05, 0) is 69.7 Å². The molecule has 1 aromatic rings. The molecule has 1 aliphatic heterocycles. The van der Waals surface area contributed by atoms with Crippen LogP contribution in [0.1, 0.15) is 50.2 Å². The van der Waals surface area contributed by atoms with Crippen LogP contribution < -0.4 is 16.8 Å². The summed E-state index contributed by atoms with van der Waals surface area (Å²) in [6.07, 6.45) is 5.11. The maximum absolute atomic E-state index is 5.71. The Morgan fingerprint density at radius 2 is 1.92 bits per heavy atom. The molecule has 0 amide bonds. The third-order valence-electron chi connectivity index (χ3n) is 4.31. The monoisotopic (exact) mass is 345 g/mol. The molecule has 0 aliphatic carbocycles. The molecule has 1 fully saturated rings. The van der Waals surface area contributed by atoms with Gasteiger partial charge in [0.2, 0.25) is 0 Å². The number of nitrogens with one attached hydrogen (secondary N) is 1. The Balaban J connectivity index is 0.000000250. The molecule has 1 aromatic carbocycles. The molecule has 1 atom stereocenters. The van der Waals surface area contributed by atoms with Crippen LogP contribution in [0, 0.1) is 6.92 Å². The number of ether oxygens (including phenoxy) is 1. The van der Waals surface area contributed by atoms with E-state index in [1.54, 1.807) is 7.11 Å². The van der Waals surface area contributed by atoms with E-state index in [4.69, 9.17) is 16.2 Å². The molecule has 4 nitrogen and oxygen atoms in total. The summed E-state index contributed by atoms with van der Waals surface area (Å²) in [5.74, 6) is 0.755. The molecule has 25 heavy (non-hydrogen) atoms. The van der Waals surface area contributed by atoms with Crippen molar-refractivity contribution in [3.63, 3.8) is 0 Å². The molecule has 140 valence electrons. The summed E-state index contributed by atoms with van der Waals surface area (Å²) in [6.45, 7) is 8.98. The van der Waals surface area contributed by atoms with Gasteiger partial charge in [-0.25, -0.2) is 0 Å². The summed E-state index contributed by atoms with van der Waals surface area (Å²) in [5, 5.41) is 3.39. The first-order valence-corrected chi connectivity index (χ1v) is 9.09. The van der Waals surface area contributed by atoms with Gasteiger partial charge >= 0.3 is 0 Å². The van der Waals surface area contributed by atoms with Crippen LogP contribution in [0.2, 0.25) is 0 Å². The maximum Gasteiger partial charge on any atom is 0.0465 e. The van der Waals surface area contributed by atoms with Gasteiger partial charge in [0.25, 0.3) is 0 Å². The predicted octanol–water partition coefficient (Wildman–Crippen LogP) is 3.58. The van der Waals surface area contributed by atoms with Gasteiger partial charge in [-0.15, -0.1) is 0 Å². The molecule has 4 heteroatoms. The second-order valence-electron chi connectivity index (χ2n) is 6.79. The predicted molar refractivity (Wildman–Crippen MR) is 107 cm³/mol. The molecule has 2 rings (SSSR count). The first-order chi connectivity index (χ1) is 11.9. The van der Waals surface area contributed by atoms with E-state index in [0.717, 1.165) is 48.9 Å². The van der Waals surface area contributed by atoms with Crippen molar-refractivity contribution >= 4 is 0 Å². The van der Waals surface area contributed by atoms with Crippen LogP contribution in [0.5, 0.6) is 0 Å². The van der Waals surface area contributed by atoms with Crippen molar-refractivity contribution in [2.45, 2.75) is 46.0 Å². The van der Waals surface area contributed by atoms with E-state index in [-0.39, 0.29) is 0 Å². The summed E-state index contributed by atoms with van der Waals surface area (Å²) < 4.78 is 4.96. The van der Waals surface area contributed by atoms with Crippen molar-refractivity contribution < 1.29 is 4.74 Å². The maximum atomic E-state index is 5.71. The quantitative estimate of drug-likeness (QED) is 0.544. The van der Waals surface area contributed by atoms with Crippen LogP contribution in [-0.4, -0.2) is 26.8 Å². The van der Waals surface area contributed by atoms with E-state index in [1.165, 1.54) is 24.1 Å². The second kappa shape index (κ2) is 11.7. The van der Waals surface area contributed by atoms with Crippen molar-refractivity contribution in [3.05, 3.63) is 58.4 Å². The van der Waals surface area contributed by atoms with Crippen LogP contribution in [0.3, 0.4) is 0 Å². The highest BCUT2D eigenvalue weighted by Gasteiger charge is 2.15. The van der Waals surface area contributed by atoms with Crippen molar-refractivity contribution in [2.24, 2.45) is 11.5 Å². The van der Waals surface area contributed by atoms with E-state index < -0.39 is 0 Å². The summed E-state index contributed by atoms with van der Waals surface area (Å²) in [4.78, 5) is 0. The van der Waals surface area contributed by atoms with E-state index in [0.29, 0.717) is 0 Å².